The minimum absolute atomic E-state index is 0.177. The van der Waals surface area contributed by atoms with Crippen LogP contribution >= 0.6 is 11.6 Å². The topological polar surface area (TPSA) is 68.3 Å². The molecule has 20 heavy (non-hydrogen) atoms. The Bertz CT molecular complexity index is 658. The second-order valence-corrected chi connectivity index (χ2v) is 4.35. The first-order valence-corrected chi connectivity index (χ1v) is 6.48. The summed E-state index contributed by atoms with van der Waals surface area (Å²) in [6.07, 6.45) is 1.39. The predicted molar refractivity (Wildman–Crippen MR) is 75.7 cm³/mol. The zero-order valence-corrected chi connectivity index (χ0v) is 11.6. The summed E-state index contributed by atoms with van der Waals surface area (Å²) in [6.45, 7) is 1.81. The van der Waals surface area contributed by atoms with Crippen molar-refractivity contribution >= 4 is 34.2 Å². The van der Waals surface area contributed by atoms with Crippen LogP contribution in [0.4, 0.5) is 0 Å². The predicted octanol–water partition coefficient (Wildman–Crippen LogP) is 2.18. The fourth-order valence-corrected chi connectivity index (χ4v) is 2.01. The van der Waals surface area contributed by atoms with Crippen LogP contribution in [0, 0.1) is 0 Å². The number of carbonyl (C=O) groups is 2. The third-order valence-electron chi connectivity index (χ3n) is 2.69. The summed E-state index contributed by atoms with van der Waals surface area (Å²) in [6, 6.07) is 7.19. The number of fused-ring (bicyclic) bond motifs is 1. The summed E-state index contributed by atoms with van der Waals surface area (Å²) in [5, 5.41) is 4.22. The summed E-state index contributed by atoms with van der Waals surface area (Å²) in [5.74, 6) is -0.870. The van der Waals surface area contributed by atoms with Crippen molar-refractivity contribution in [2.45, 2.75) is 6.92 Å². The highest BCUT2D eigenvalue weighted by molar-refractivity contribution is 6.34. The molecule has 1 N–H and O–H groups in total. The molecule has 0 fully saturated rings. The molecule has 1 heterocycles. The van der Waals surface area contributed by atoms with E-state index in [0.717, 1.165) is 0 Å². The number of amides is 1. The molecule has 0 atom stereocenters. The van der Waals surface area contributed by atoms with Crippen LogP contribution in [-0.2, 0) is 9.53 Å². The standard InChI is InChI=1S/C14H13ClN2O3/c1-2-20-12(18)8-17-14(19)11-7-16-13(15)10-6-4-3-5-9(10)11/h3-7H,2,8H2,1H3,(H,17,19). The molecular weight excluding hydrogens is 280 g/mol. The van der Waals surface area contributed by atoms with Crippen LogP contribution < -0.4 is 5.32 Å². The number of rotatable bonds is 4. The molecule has 5 nitrogen and oxygen atoms in total. The van der Waals surface area contributed by atoms with Crippen molar-refractivity contribution in [1.29, 1.82) is 0 Å². The van der Waals surface area contributed by atoms with E-state index in [1.165, 1.54) is 6.20 Å². The second kappa shape index (κ2) is 6.34. The molecule has 0 saturated carbocycles. The maximum Gasteiger partial charge on any atom is 0.325 e. The van der Waals surface area contributed by atoms with Gasteiger partial charge in [-0.2, -0.15) is 0 Å². The summed E-state index contributed by atoms with van der Waals surface area (Å²) < 4.78 is 4.74. The lowest BCUT2D eigenvalue weighted by Gasteiger charge is -2.08. The van der Waals surface area contributed by atoms with Crippen LogP contribution in [0.5, 0.6) is 0 Å². The third kappa shape index (κ3) is 3.05. The zero-order valence-electron chi connectivity index (χ0n) is 10.9. The minimum atomic E-state index is -0.480. The Morgan fingerprint density at radius 1 is 1.30 bits per heavy atom. The monoisotopic (exact) mass is 292 g/mol. The van der Waals surface area contributed by atoms with Crippen molar-refractivity contribution in [2.75, 3.05) is 13.2 Å². The minimum Gasteiger partial charge on any atom is -0.465 e. The molecular formula is C14H13ClN2O3. The summed E-state index contributed by atoms with van der Waals surface area (Å²) in [7, 11) is 0. The van der Waals surface area contributed by atoms with Gasteiger partial charge in [-0.15, -0.1) is 0 Å². The summed E-state index contributed by atoms with van der Waals surface area (Å²) in [5.41, 5.74) is 0.370. The maximum atomic E-state index is 12.1. The first kappa shape index (κ1) is 14.3. The third-order valence-corrected chi connectivity index (χ3v) is 2.99. The lowest BCUT2D eigenvalue weighted by atomic mass is 10.1. The Labute approximate surface area is 120 Å². The summed E-state index contributed by atoms with van der Waals surface area (Å²) in [4.78, 5) is 27.3. The zero-order chi connectivity index (χ0) is 14.5. The highest BCUT2D eigenvalue weighted by Crippen LogP contribution is 2.23. The van der Waals surface area contributed by atoms with Gasteiger partial charge >= 0.3 is 5.97 Å². The van der Waals surface area contributed by atoms with Crippen LogP contribution in [-0.4, -0.2) is 30.0 Å². The number of nitrogens with zero attached hydrogens (tertiary/aromatic N) is 1. The van der Waals surface area contributed by atoms with Crippen molar-refractivity contribution in [3.05, 3.63) is 41.2 Å². The second-order valence-electron chi connectivity index (χ2n) is 4.00. The van der Waals surface area contributed by atoms with Gasteiger partial charge in [0.25, 0.3) is 5.91 Å². The van der Waals surface area contributed by atoms with Gasteiger partial charge in [-0.25, -0.2) is 4.98 Å². The largest absolute Gasteiger partial charge is 0.465 e. The number of hydrogen-bond acceptors (Lipinski definition) is 4. The van der Waals surface area contributed by atoms with Gasteiger partial charge in [-0.1, -0.05) is 35.9 Å². The average molecular weight is 293 g/mol. The highest BCUT2D eigenvalue weighted by atomic mass is 35.5. The average Bonchev–Trinajstić information content (AvgIpc) is 2.46. The van der Waals surface area contributed by atoms with Gasteiger partial charge in [0.2, 0.25) is 0 Å². The number of pyridine rings is 1. The number of halogens is 1. The van der Waals surface area contributed by atoms with Crippen LogP contribution in [0.25, 0.3) is 10.8 Å². The molecule has 0 aliphatic rings. The fourth-order valence-electron chi connectivity index (χ4n) is 1.80. The SMILES string of the molecule is CCOC(=O)CNC(=O)c1cnc(Cl)c2ccccc12. The Morgan fingerprint density at radius 2 is 2.00 bits per heavy atom. The van der Waals surface area contributed by atoms with Crippen molar-refractivity contribution in [3.63, 3.8) is 0 Å². The number of benzene rings is 1. The fraction of sp³-hybridized carbons (Fsp3) is 0.214. The lowest BCUT2D eigenvalue weighted by Crippen LogP contribution is -2.30. The van der Waals surface area contributed by atoms with E-state index in [-0.39, 0.29) is 13.2 Å². The van der Waals surface area contributed by atoms with Crippen LogP contribution in [0.1, 0.15) is 17.3 Å². The summed E-state index contributed by atoms with van der Waals surface area (Å²) >= 11 is 5.99. The molecule has 1 aromatic carbocycles. The van der Waals surface area contributed by atoms with Gasteiger partial charge in [0.05, 0.1) is 12.2 Å². The molecule has 0 spiro atoms. The quantitative estimate of drug-likeness (QED) is 0.693. The van der Waals surface area contributed by atoms with E-state index >= 15 is 0 Å². The molecule has 0 aliphatic heterocycles. The van der Waals surface area contributed by atoms with Crippen molar-refractivity contribution in [2.24, 2.45) is 0 Å². The van der Waals surface area contributed by atoms with Crippen LogP contribution in [0.15, 0.2) is 30.5 Å². The number of carbonyl (C=O) groups excluding carboxylic acids is 2. The Balaban J connectivity index is 2.23. The molecule has 0 bridgehead atoms. The molecule has 0 unspecified atom stereocenters. The van der Waals surface area contributed by atoms with Gasteiger partial charge in [-0.05, 0) is 12.3 Å². The first-order chi connectivity index (χ1) is 9.63. The molecule has 2 rings (SSSR count). The number of ether oxygens (including phenoxy) is 1. The van der Waals surface area contributed by atoms with E-state index in [1.807, 2.05) is 6.07 Å². The van der Waals surface area contributed by atoms with Gasteiger partial charge < -0.3 is 10.1 Å². The van der Waals surface area contributed by atoms with Gasteiger partial charge in [-0.3, -0.25) is 9.59 Å². The van der Waals surface area contributed by atoms with E-state index in [4.69, 9.17) is 16.3 Å². The van der Waals surface area contributed by atoms with Crippen molar-refractivity contribution in [1.82, 2.24) is 10.3 Å². The van der Waals surface area contributed by atoms with Crippen LogP contribution in [0.2, 0.25) is 5.15 Å². The van der Waals surface area contributed by atoms with Crippen molar-refractivity contribution < 1.29 is 14.3 Å². The van der Waals surface area contributed by atoms with Crippen molar-refractivity contribution in [3.8, 4) is 0 Å². The number of hydrogen-bond donors (Lipinski definition) is 1. The molecule has 0 aliphatic carbocycles. The van der Waals surface area contributed by atoms with Gasteiger partial charge in [0.1, 0.15) is 11.7 Å². The molecule has 1 aromatic heterocycles. The van der Waals surface area contributed by atoms with E-state index in [0.29, 0.717) is 21.5 Å². The highest BCUT2D eigenvalue weighted by Gasteiger charge is 2.13. The number of nitrogens with one attached hydrogen (secondary N) is 1. The van der Waals surface area contributed by atoms with E-state index in [1.54, 1.807) is 25.1 Å². The first-order valence-electron chi connectivity index (χ1n) is 6.10. The Morgan fingerprint density at radius 3 is 2.70 bits per heavy atom. The molecule has 104 valence electrons. The molecule has 0 saturated heterocycles. The van der Waals surface area contributed by atoms with Gasteiger partial charge in [0.15, 0.2) is 0 Å². The molecule has 6 heteroatoms. The van der Waals surface area contributed by atoms with E-state index in [2.05, 4.69) is 10.3 Å². The van der Waals surface area contributed by atoms with E-state index < -0.39 is 11.9 Å². The lowest BCUT2D eigenvalue weighted by molar-refractivity contribution is -0.141. The smallest absolute Gasteiger partial charge is 0.325 e. The Hall–Kier alpha value is -2.14. The van der Waals surface area contributed by atoms with E-state index in [9.17, 15) is 9.59 Å². The normalized spacial score (nSPS) is 10.3. The molecule has 0 radical (unpaired) electrons. The van der Waals surface area contributed by atoms with Gasteiger partial charge in [0, 0.05) is 11.6 Å². The Kier molecular flexibility index (Phi) is 4.53. The molecule has 1 amide bonds. The molecule has 2 aromatic rings. The maximum absolute atomic E-state index is 12.1. The van der Waals surface area contributed by atoms with Crippen LogP contribution in [0.3, 0.4) is 0 Å². The number of esters is 1. The number of aromatic nitrogens is 1.